The van der Waals surface area contributed by atoms with Gasteiger partial charge in [-0.3, -0.25) is 9.69 Å². The van der Waals surface area contributed by atoms with Gasteiger partial charge in [-0.2, -0.15) is 11.8 Å². The molecule has 0 unspecified atom stereocenters. The second-order valence-electron chi connectivity index (χ2n) is 10.6. The molecule has 0 saturated carbocycles. The Morgan fingerprint density at radius 3 is 2.45 bits per heavy atom. The summed E-state index contributed by atoms with van der Waals surface area (Å²) in [6, 6.07) is 20.8. The van der Waals surface area contributed by atoms with E-state index < -0.39 is 33.0 Å². The summed E-state index contributed by atoms with van der Waals surface area (Å²) in [6.07, 6.45) is 2.68. The van der Waals surface area contributed by atoms with Gasteiger partial charge in [0.25, 0.3) is 5.91 Å². The van der Waals surface area contributed by atoms with Crippen LogP contribution in [0.15, 0.2) is 77.7 Å². The average Bonchev–Trinajstić information content (AvgIpc) is 3.38. The standard InChI is InChI=1S/C32H38N2O6S2/c1-22-9-7-8-12-27(22)29-17-23(13-14-28(29)31(35)33-30(32(36)37)15-16-41-3)19-34-20-26(18-24(34)21-40-2)42(38,39)25-10-5-4-6-11-25/h4-14,17,24,26,30H,15-16,18-21H2,1-3H3,(H,33,35)(H,36,37)/t24-,26-,30-/m0/s1. The molecule has 0 aliphatic carbocycles. The maximum atomic E-state index is 13.4. The minimum absolute atomic E-state index is 0.0869. The molecule has 1 fully saturated rings. The van der Waals surface area contributed by atoms with Crippen molar-refractivity contribution >= 4 is 33.5 Å². The van der Waals surface area contributed by atoms with E-state index in [1.165, 1.54) is 11.8 Å². The summed E-state index contributed by atoms with van der Waals surface area (Å²) in [7, 11) is -1.90. The van der Waals surface area contributed by atoms with Gasteiger partial charge in [0.15, 0.2) is 9.84 Å². The monoisotopic (exact) mass is 610 g/mol. The Labute approximate surface area is 252 Å². The van der Waals surface area contributed by atoms with Crippen molar-refractivity contribution in [2.75, 3.05) is 32.3 Å². The van der Waals surface area contributed by atoms with E-state index in [4.69, 9.17) is 4.74 Å². The Morgan fingerprint density at radius 1 is 1.07 bits per heavy atom. The smallest absolute Gasteiger partial charge is 0.326 e. The first-order chi connectivity index (χ1) is 20.1. The first-order valence-corrected chi connectivity index (χ1v) is 16.8. The number of nitrogens with one attached hydrogen (secondary N) is 1. The number of hydrogen-bond donors (Lipinski definition) is 2. The molecule has 3 aromatic rings. The lowest BCUT2D eigenvalue weighted by Crippen LogP contribution is -2.41. The molecule has 224 valence electrons. The Morgan fingerprint density at radius 2 is 1.79 bits per heavy atom. The van der Waals surface area contributed by atoms with Crippen LogP contribution >= 0.6 is 11.8 Å². The van der Waals surface area contributed by atoms with Crippen molar-refractivity contribution in [3.63, 3.8) is 0 Å². The van der Waals surface area contributed by atoms with E-state index >= 15 is 0 Å². The van der Waals surface area contributed by atoms with E-state index in [0.29, 0.717) is 54.3 Å². The summed E-state index contributed by atoms with van der Waals surface area (Å²) in [4.78, 5) is 27.7. The molecule has 8 nitrogen and oxygen atoms in total. The molecule has 1 amide bonds. The molecular formula is C32H38N2O6S2. The highest BCUT2D eigenvalue weighted by Crippen LogP contribution is 2.32. The van der Waals surface area contributed by atoms with Gasteiger partial charge in [-0.25, -0.2) is 13.2 Å². The average molecular weight is 611 g/mol. The molecule has 0 aromatic heterocycles. The van der Waals surface area contributed by atoms with Crippen LogP contribution in [0.5, 0.6) is 0 Å². The molecule has 0 radical (unpaired) electrons. The van der Waals surface area contributed by atoms with Crippen LogP contribution in [0.25, 0.3) is 11.1 Å². The maximum Gasteiger partial charge on any atom is 0.326 e. The molecular weight excluding hydrogens is 572 g/mol. The van der Waals surface area contributed by atoms with Gasteiger partial charge < -0.3 is 15.2 Å². The van der Waals surface area contributed by atoms with Crippen molar-refractivity contribution in [2.24, 2.45) is 0 Å². The van der Waals surface area contributed by atoms with Crippen LogP contribution in [-0.2, 0) is 25.9 Å². The predicted octanol–water partition coefficient (Wildman–Crippen LogP) is 4.66. The number of benzene rings is 3. The van der Waals surface area contributed by atoms with Crippen molar-refractivity contribution in [3.8, 4) is 11.1 Å². The lowest BCUT2D eigenvalue weighted by molar-refractivity contribution is -0.139. The SMILES string of the molecule is COC[C@@H]1C[C@H](S(=O)(=O)c2ccccc2)CN1Cc1ccc(C(=O)N[C@@H](CCSC)C(=O)O)c(-c2ccccc2C)c1. The summed E-state index contributed by atoms with van der Waals surface area (Å²) < 4.78 is 32.3. The van der Waals surface area contributed by atoms with Crippen LogP contribution in [0, 0.1) is 6.92 Å². The molecule has 4 rings (SSSR count). The van der Waals surface area contributed by atoms with E-state index in [1.807, 2.05) is 49.6 Å². The summed E-state index contributed by atoms with van der Waals surface area (Å²) in [5.41, 5.74) is 3.87. The summed E-state index contributed by atoms with van der Waals surface area (Å²) in [5, 5.41) is 11.8. The highest BCUT2D eigenvalue weighted by atomic mass is 32.2. The van der Waals surface area contributed by atoms with Crippen LogP contribution in [-0.4, -0.2) is 79.9 Å². The molecule has 2 N–H and O–H groups in total. The molecule has 42 heavy (non-hydrogen) atoms. The molecule has 0 bridgehead atoms. The first kappa shape index (κ1) is 31.7. The van der Waals surface area contributed by atoms with Crippen molar-refractivity contribution in [1.82, 2.24) is 10.2 Å². The fraction of sp³-hybridized carbons (Fsp3) is 0.375. The van der Waals surface area contributed by atoms with Gasteiger partial charge in [-0.1, -0.05) is 48.5 Å². The number of methoxy groups -OCH3 is 1. The van der Waals surface area contributed by atoms with E-state index in [-0.39, 0.29) is 6.04 Å². The summed E-state index contributed by atoms with van der Waals surface area (Å²) in [5.74, 6) is -0.897. The number of carboxylic acid groups (broad SMARTS) is 1. The molecule has 1 saturated heterocycles. The minimum atomic E-state index is -3.51. The largest absolute Gasteiger partial charge is 0.480 e. The highest BCUT2D eigenvalue weighted by Gasteiger charge is 2.40. The van der Waals surface area contributed by atoms with Crippen LogP contribution in [0.3, 0.4) is 0 Å². The lowest BCUT2D eigenvalue weighted by atomic mass is 9.93. The van der Waals surface area contributed by atoms with Crippen molar-refractivity contribution in [1.29, 1.82) is 0 Å². The summed E-state index contributed by atoms with van der Waals surface area (Å²) >= 11 is 1.53. The fourth-order valence-electron chi connectivity index (χ4n) is 5.47. The molecule has 1 aliphatic rings. The van der Waals surface area contributed by atoms with Crippen LogP contribution in [0.2, 0.25) is 0 Å². The number of aliphatic carboxylic acids is 1. The Bertz CT molecular complexity index is 1500. The normalized spacial score (nSPS) is 18.1. The van der Waals surface area contributed by atoms with Gasteiger partial charge in [0.1, 0.15) is 6.04 Å². The van der Waals surface area contributed by atoms with Crippen LogP contribution < -0.4 is 5.32 Å². The van der Waals surface area contributed by atoms with Gasteiger partial charge >= 0.3 is 5.97 Å². The third-order valence-corrected chi connectivity index (χ3v) is 10.5. The van der Waals surface area contributed by atoms with E-state index in [2.05, 4.69) is 10.2 Å². The fourth-order valence-corrected chi connectivity index (χ4v) is 7.73. The predicted molar refractivity (Wildman–Crippen MR) is 167 cm³/mol. The van der Waals surface area contributed by atoms with Gasteiger partial charge in [-0.05, 0) is 78.3 Å². The number of rotatable bonds is 13. The molecule has 3 atom stereocenters. The van der Waals surface area contributed by atoms with Crippen LogP contribution in [0.4, 0.5) is 0 Å². The number of thioether (sulfide) groups is 1. The highest BCUT2D eigenvalue weighted by molar-refractivity contribution is 7.98. The number of carbonyl (C=O) groups is 2. The number of carboxylic acids is 1. The zero-order valence-corrected chi connectivity index (χ0v) is 25.8. The minimum Gasteiger partial charge on any atom is -0.480 e. The van der Waals surface area contributed by atoms with Gasteiger partial charge in [0, 0.05) is 31.8 Å². The molecule has 0 spiro atoms. The zero-order valence-electron chi connectivity index (χ0n) is 24.2. The molecule has 10 heteroatoms. The lowest BCUT2D eigenvalue weighted by Gasteiger charge is -2.24. The Kier molecular flexibility index (Phi) is 10.8. The first-order valence-electron chi connectivity index (χ1n) is 13.9. The van der Waals surface area contributed by atoms with Crippen molar-refractivity contribution in [2.45, 2.75) is 48.5 Å². The quantitative estimate of drug-likeness (QED) is 0.287. The number of carbonyl (C=O) groups excluding carboxylic acids is 1. The second-order valence-corrected chi connectivity index (χ2v) is 13.8. The number of nitrogens with zero attached hydrogens (tertiary/aromatic N) is 1. The number of ether oxygens (including phenoxy) is 1. The van der Waals surface area contributed by atoms with Gasteiger partial charge in [0.2, 0.25) is 0 Å². The van der Waals surface area contributed by atoms with E-state index in [9.17, 15) is 23.1 Å². The van der Waals surface area contributed by atoms with E-state index in [1.54, 1.807) is 43.5 Å². The number of sulfone groups is 1. The molecule has 1 heterocycles. The number of amides is 1. The third kappa shape index (κ3) is 7.42. The topological polar surface area (TPSA) is 113 Å². The van der Waals surface area contributed by atoms with E-state index in [0.717, 1.165) is 16.7 Å². The Hall–Kier alpha value is -3.18. The summed E-state index contributed by atoms with van der Waals surface area (Å²) in [6.45, 7) is 3.21. The van der Waals surface area contributed by atoms with Crippen molar-refractivity contribution < 1.29 is 27.9 Å². The second kappa shape index (κ2) is 14.3. The van der Waals surface area contributed by atoms with Gasteiger partial charge in [-0.15, -0.1) is 0 Å². The number of aryl methyl sites for hydroxylation is 1. The van der Waals surface area contributed by atoms with Crippen LogP contribution in [0.1, 0.15) is 34.3 Å². The van der Waals surface area contributed by atoms with Gasteiger partial charge in [0.05, 0.1) is 16.8 Å². The number of hydrogen-bond acceptors (Lipinski definition) is 7. The Balaban J connectivity index is 1.64. The molecule has 3 aromatic carbocycles. The zero-order chi connectivity index (χ0) is 30.3. The third-order valence-electron chi connectivity index (χ3n) is 7.72. The number of likely N-dealkylation sites (tertiary alicyclic amines) is 1. The maximum absolute atomic E-state index is 13.4. The molecule has 1 aliphatic heterocycles. The van der Waals surface area contributed by atoms with Crippen molar-refractivity contribution in [3.05, 3.63) is 89.5 Å².